The van der Waals surface area contributed by atoms with Gasteiger partial charge in [0.05, 0.1) is 43.6 Å². The lowest BCUT2D eigenvalue weighted by molar-refractivity contribution is -0.137. The van der Waals surface area contributed by atoms with Gasteiger partial charge in [-0.25, -0.2) is 8.42 Å². The molecule has 0 N–H and O–H groups in total. The van der Waals surface area contributed by atoms with Crippen molar-refractivity contribution in [3.05, 3.63) is 24.3 Å². The molecule has 4 rings (SSSR count). The van der Waals surface area contributed by atoms with Crippen LogP contribution < -0.4 is 0 Å². The normalized spacial score (nSPS) is 19.8. The van der Waals surface area contributed by atoms with Gasteiger partial charge in [0, 0.05) is 25.3 Å². The summed E-state index contributed by atoms with van der Waals surface area (Å²) in [5.41, 5.74) is 0.737. The summed E-state index contributed by atoms with van der Waals surface area (Å²) in [6, 6.07) is 6.65. The monoisotopic (exact) mass is 482 g/mol. The zero-order valence-corrected chi connectivity index (χ0v) is 19.4. The topological polar surface area (TPSA) is 113 Å². The molecular formula is C20H26N4O6S2. The molecule has 1 aromatic heterocycles. The van der Waals surface area contributed by atoms with Crippen LogP contribution in [0.1, 0.15) is 12.8 Å². The van der Waals surface area contributed by atoms with Crippen molar-refractivity contribution in [3.63, 3.8) is 0 Å². The number of sulfonamides is 1. The lowest BCUT2D eigenvalue weighted by Gasteiger charge is -2.26. The van der Waals surface area contributed by atoms with E-state index < -0.39 is 10.0 Å². The second kappa shape index (κ2) is 10.3. The fraction of sp³-hybridized carbons (Fsp3) is 0.550. The zero-order chi connectivity index (χ0) is 22.6. The highest BCUT2D eigenvalue weighted by molar-refractivity contribution is 7.99. The molecule has 2 aliphatic rings. The van der Waals surface area contributed by atoms with Crippen molar-refractivity contribution in [1.82, 2.24) is 19.1 Å². The Morgan fingerprint density at radius 2 is 1.94 bits per heavy atom. The molecular weight excluding hydrogens is 456 g/mol. The summed E-state index contributed by atoms with van der Waals surface area (Å²) < 4.78 is 44.9. The third-order valence-electron chi connectivity index (χ3n) is 5.39. The molecule has 1 aromatic carbocycles. The lowest BCUT2D eigenvalue weighted by Crippen LogP contribution is -2.40. The summed E-state index contributed by atoms with van der Waals surface area (Å²) >= 11 is 1.25. The van der Waals surface area contributed by atoms with Gasteiger partial charge < -0.3 is 14.2 Å². The minimum Gasteiger partial charge on any atom is -0.468 e. The van der Waals surface area contributed by atoms with Crippen molar-refractivity contribution in [3.8, 4) is 11.4 Å². The lowest BCUT2D eigenvalue weighted by atomic mass is 10.2. The number of carbonyl (C=O) groups is 1. The molecule has 2 aliphatic heterocycles. The van der Waals surface area contributed by atoms with Gasteiger partial charge in [0.1, 0.15) is 0 Å². The highest BCUT2D eigenvalue weighted by atomic mass is 32.2. The first kappa shape index (κ1) is 23.2. The summed E-state index contributed by atoms with van der Waals surface area (Å²) in [4.78, 5) is 11.8. The molecule has 1 atom stereocenters. The number of rotatable bonds is 8. The van der Waals surface area contributed by atoms with Crippen molar-refractivity contribution >= 4 is 27.8 Å². The van der Waals surface area contributed by atoms with Crippen molar-refractivity contribution in [2.75, 3.05) is 45.8 Å². The molecule has 10 nitrogen and oxygen atoms in total. The fourth-order valence-corrected chi connectivity index (χ4v) is 5.85. The number of benzene rings is 1. The Bertz CT molecular complexity index is 1030. The number of esters is 1. The maximum atomic E-state index is 12.9. The van der Waals surface area contributed by atoms with E-state index in [1.165, 1.54) is 23.2 Å². The fourth-order valence-electron chi connectivity index (χ4n) is 3.66. The highest BCUT2D eigenvalue weighted by Gasteiger charge is 2.27. The van der Waals surface area contributed by atoms with Gasteiger partial charge in [-0.2, -0.15) is 4.31 Å². The smallest absolute Gasteiger partial charge is 0.316 e. The molecule has 2 saturated heterocycles. The van der Waals surface area contributed by atoms with Gasteiger partial charge in [0.15, 0.2) is 11.0 Å². The molecule has 0 radical (unpaired) electrons. The molecule has 0 spiro atoms. The van der Waals surface area contributed by atoms with Crippen LogP contribution in [0.5, 0.6) is 0 Å². The Hall–Kier alpha value is -1.99. The SMILES string of the molecule is COC(=O)CSc1nnc(-c2ccc(S(=O)(=O)N3CCOCC3)cc2)n1CC1CCCO1. The van der Waals surface area contributed by atoms with E-state index in [4.69, 9.17) is 14.2 Å². The summed E-state index contributed by atoms with van der Waals surface area (Å²) in [6.07, 6.45) is 1.99. The molecule has 2 aromatic rings. The number of nitrogens with zero attached hydrogens (tertiary/aromatic N) is 4. The first-order chi connectivity index (χ1) is 15.5. The first-order valence-corrected chi connectivity index (χ1v) is 12.8. The van der Waals surface area contributed by atoms with Crippen molar-refractivity contribution in [1.29, 1.82) is 0 Å². The van der Waals surface area contributed by atoms with Gasteiger partial charge >= 0.3 is 5.97 Å². The predicted octanol–water partition coefficient (Wildman–Crippen LogP) is 1.41. The van der Waals surface area contributed by atoms with Crippen molar-refractivity contribution in [2.24, 2.45) is 0 Å². The third kappa shape index (κ3) is 5.15. The average molecular weight is 483 g/mol. The van der Waals surface area contributed by atoms with Crippen LogP contribution in [0.15, 0.2) is 34.3 Å². The molecule has 0 amide bonds. The minimum atomic E-state index is -3.57. The maximum Gasteiger partial charge on any atom is 0.316 e. The summed E-state index contributed by atoms with van der Waals surface area (Å²) in [5, 5.41) is 9.17. The molecule has 0 bridgehead atoms. The van der Waals surface area contributed by atoms with E-state index in [0.717, 1.165) is 25.0 Å². The number of morpholine rings is 1. The van der Waals surface area contributed by atoms with Crippen LogP contribution in [0.25, 0.3) is 11.4 Å². The van der Waals surface area contributed by atoms with Gasteiger partial charge in [-0.15, -0.1) is 10.2 Å². The van der Waals surface area contributed by atoms with E-state index >= 15 is 0 Å². The van der Waals surface area contributed by atoms with Crippen molar-refractivity contribution in [2.45, 2.75) is 35.5 Å². The number of hydrogen-bond acceptors (Lipinski definition) is 9. The van der Waals surface area contributed by atoms with Crippen LogP contribution in [-0.4, -0.2) is 85.3 Å². The average Bonchev–Trinajstić information content (AvgIpc) is 3.48. The van der Waals surface area contributed by atoms with Crippen LogP contribution in [0.2, 0.25) is 0 Å². The van der Waals surface area contributed by atoms with E-state index in [9.17, 15) is 13.2 Å². The Kier molecular flexibility index (Phi) is 7.46. The molecule has 32 heavy (non-hydrogen) atoms. The minimum absolute atomic E-state index is 0.0446. The molecule has 3 heterocycles. The second-order valence-corrected chi connectivity index (χ2v) is 10.3. The Balaban J connectivity index is 1.59. The van der Waals surface area contributed by atoms with Gasteiger partial charge in [0.25, 0.3) is 0 Å². The molecule has 174 valence electrons. The number of thioether (sulfide) groups is 1. The summed E-state index contributed by atoms with van der Waals surface area (Å²) in [7, 11) is -2.23. The molecule has 0 aliphatic carbocycles. The molecule has 0 saturated carbocycles. The number of aromatic nitrogens is 3. The van der Waals surface area contributed by atoms with Crippen LogP contribution in [0.4, 0.5) is 0 Å². The van der Waals surface area contributed by atoms with Gasteiger partial charge in [-0.3, -0.25) is 9.36 Å². The third-order valence-corrected chi connectivity index (χ3v) is 8.25. The maximum absolute atomic E-state index is 12.9. The summed E-state index contributed by atoms with van der Waals surface area (Å²) in [5.74, 6) is 0.376. The van der Waals surface area contributed by atoms with Crippen LogP contribution in [0.3, 0.4) is 0 Å². The van der Waals surface area contributed by atoms with E-state index in [0.29, 0.717) is 43.8 Å². The Morgan fingerprint density at radius 3 is 2.59 bits per heavy atom. The molecule has 1 unspecified atom stereocenters. The van der Waals surface area contributed by atoms with E-state index in [-0.39, 0.29) is 22.7 Å². The predicted molar refractivity (Wildman–Crippen MR) is 117 cm³/mol. The molecule has 12 heteroatoms. The van der Waals surface area contributed by atoms with E-state index in [1.54, 1.807) is 24.3 Å². The largest absolute Gasteiger partial charge is 0.468 e. The standard InChI is InChI=1S/C20H26N4O6S2/c1-28-18(25)14-31-20-22-21-19(24(20)13-16-3-2-10-30-16)15-4-6-17(7-5-15)32(26,27)23-8-11-29-12-9-23/h4-7,16H,2-3,8-14H2,1H3. The van der Waals surface area contributed by atoms with E-state index in [2.05, 4.69) is 10.2 Å². The second-order valence-electron chi connectivity index (χ2n) is 7.46. The van der Waals surface area contributed by atoms with Crippen molar-refractivity contribution < 1.29 is 27.4 Å². The summed E-state index contributed by atoms with van der Waals surface area (Å²) in [6.45, 7) is 2.77. The van der Waals surface area contributed by atoms with E-state index in [1.807, 2.05) is 4.57 Å². The number of ether oxygens (including phenoxy) is 3. The zero-order valence-electron chi connectivity index (χ0n) is 17.8. The van der Waals surface area contributed by atoms with Gasteiger partial charge in [-0.05, 0) is 37.1 Å². The number of methoxy groups -OCH3 is 1. The van der Waals surface area contributed by atoms with Gasteiger partial charge in [-0.1, -0.05) is 11.8 Å². The molecule has 2 fully saturated rings. The quantitative estimate of drug-likeness (QED) is 0.407. The Morgan fingerprint density at radius 1 is 1.19 bits per heavy atom. The van der Waals surface area contributed by atoms with Crippen LogP contribution in [0, 0.1) is 0 Å². The highest BCUT2D eigenvalue weighted by Crippen LogP contribution is 2.28. The number of carbonyl (C=O) groups excluding carboxylic acids is 1. The van der Waals surface area contributed by atoms with Crippen LogP contribution >= 0.6 is 11.8 Å². The van der Waals surface area contributed by atoms with Crippen LogP contribution in [-0.2, 0) is 35.6 Å². The van der Waals surface area contributed by atoms with Gasteiger partial charge in [0.2, 0.25) is 10.0 Å². The Labute approximate surface area is 191 Å². The first-order valence-electron chi connectivity index (χ1n) is 10.4. The number of hydrogen-bond donors (Lipinski definition) is 0.